The van der Waals surface area contributed by atoms with E-state index in [1.165, 1.54) is 11.3 Å². The molecule has 0 spiro atoms. The molecular formula is C19H26N4O4S2. The molecule has 0 saturated carbocycles. The van der Waals surface area contributed by atoms with Crippen molar-refractivity contribution in [2.24, 2.45) is 0 Å². The van der Waals surface area contributed by atoms with Gasteiger partial charge in [-0.3, -0.25) is 9.69 Å². The zero-order valence-electron chi connectivity index (χ0n) is 16.5. The molecule has 29 heavy (non-hydrogen) atoms. The molecule has 1 amide bonds. The second-order valence-electron chi connectivity index (χ2n) is 7.60. The van der Waals surface area contributed by atoms with E-state index in [2.05, 4.69) is 10.1 Å². The Morgan fingerprint density at radius 2 is 1.86 bits per heavy atom. The highest BCUT2D eigenvalue weighted by Crippen LogP contribution is 2.28. The van der Waals surface area contributed by atoms with Crippen LogP contribution in [0.3, 0.4) is 0 Å². The smallest absolute Gasteiger partial charge is 0.252 e. The van der Waals surface area contributed by atoms with Gasteiger partial charge in [0, 0.05) is 50.2 Å². The number of piperazine rings is 1. The van der Waals surface area contributed by atoms with Crippen LogP contribution in [0.5, 0.6) is 0 Å². The molecule has 2 aromatic heterocycles. The first-order chi connectivity index (χ1) is 13.9. The Balaban J connectivity index is 1.29. The van der Waals surface area contributed by atoms with Gasteiger partial charge in [0.1, 0.15) is 4.21 Å². The fourth-order valence-corrected chi connectivity index (χ4v) is 6.79. The van der Waals surface area contributed by atoms with Crippen LogP contribution in [0, 0.1) is 6.92 Å². The summed E-state index contributed by atoms with van der Waals surface area (Å²) in [6.45, 7) is 6.67. The summed E-state index contributed by atoms with van der Waals surface area (Å²) in [5.74, 6) is 0.889. The number of carbonyl (C=O) groups is 1. The van der Waals surface area contributed by atoms with E-state index in [1.807, 2.05) is 17.9 Å². The molecule has 0 aromatic carbocycles. The van der Waals surface area contributed by atoms with Crippen molar-refractivity contribution in [3.8, 4) is 0 Å². The monoisotopic (exact) mass is 438 g/mol. The normalized spacial score (nSPS) is 19.1. The van der Waals surface area contributed by atoms with E-state index in [0.717, 1.165) is 42.3 Å². The van der Waals surface area contributed by atoms with Crippen molar-refractivity contribution in [2.45, 2.75) is 36.9 Å². The molecule has 4 rings (SSSR count). The third kappa shape index (κ3) is 4.71. The summed E-state index contributed by atoms with van der Waals surface area (Å²) < 4.78 is 32.4. The topological polar surface area (TPSA) is 87.0 Å². The van der Waals surface area contributed by atoms with Gasteiger partial charge in [0.2, 0.25) is 5.91 Å². The van der Waals surface area contributed by atoms with Gasteiger partial charge < -0.3 is 9.42 Å². The minimum Gasteiger partial charge on any atom is -0.360 e. The summed E-state index contributed by atoms with van der Waals surface area (Å²) in [4.78, 5) is 17.6. The van der Waals surface area contributed by atoms with E-state index in [9.17, 15) is 13.2 Å². The second-order valence-corrected chi connectivity index (χ2v) is 10.9. The maximum Gasteiger partial charge on any atom is 0.252 e. The van der Waals surface area contributed by atoms with Gasteiger partial charge in [0.05, 0.1) is 18.7 Å². The van der Waals surface area contributed by atoms with Crippen molar-refractivity contribution in [2.75, 3.05) is 39.3 Å². The number of sulfonamides is 1. The van der Waals surface area contributed by atoms with Crippen molar-refractivity contribution in [3.63, 3.8) is 0 Å². The molecule has 0 aliphatic carbocycles. The summed E-state index contributed by atoms with van der Waals surface area (Å²) in [6.07, 6.45) is 2.08. The largest absolute Gasteiger partial charge is 0.360 e. The molecule has 0 unspecified atom stereocenters. The number of nitrogens with zero attached hydrogens (tertiary/aromatic N) is 4. The van der Waals surface area contributed by atoms with Gasteiger partial charge in [0.25, 0.3) is 10.0 Å². The first-order valence-electron chi connectivity index (χ1n) is 9.93. The molecule has 10 heteroatoms. The lowest BCUT2D eigenvalue weighted by molar-refractivity contribution is -0.132. The Morgan fingerprint density at radius 3 is 2.52 bits per heavy atom. The van der Waals surface area contributed by atoms with Gasteiger partial charge in [-0.15, -0.1) is 11.3 Å². The lowest BCUT2D eigenvalue weighted by Gasteiger charge is -2.34. The Bertz CT molecular complexity index is 955. The molecule has 2 fully saturated rings. The van der Waals surface area contributed by atoms with Crippen molar-refractivity contribution >= 4 is 27.3 Å². The van der Waals surface area contributed by atoms with Crippen LogP contribution in [0.2, 0.25) is 0 Å². The average molecular weight is 439 g/mol. The number of carbonyl (C=O) groups excluding carboxylic acids is 1. The fraction of sp³-hybridized carbons (Fsp3) is 0.579. The Labute approximate surface area is 175 Å². The van der Waals surface area contributed by atoms with Crippen LogP contribution in [0.1, 0.15) is 29.2 Å². The number of thiophene rings is 1. The van der Waals surface area contributed by atoms with Crippen molar-refractivity contribution in [3.05, 3.63) is 34.5 Å². The number of hydrogen-bond acceptors (Lipinski definition) is 7. The Morgan fingerprint density at radius 1 is 1.14 bits per heavy atom. The number of rotatable bonds is 6. The lowest BCUT2D eigenvalue weighted by Crippen LogP contribution is -2.48. The highest BCUT2D eigenvalue weighted by molar-refractivity contribution is 7.91. The predicted molar refractivity (Wildman–Crippen MR) is 109 cm³/mol. The van der Waals surface area contributed by atoms with Crippen LogP contribution >= 0.6 is 11.3 Å². The predicted octanol–water partition coefficient (Wildman–Crippen LogP) is 1.72. The standard InChI is InChI=1S/C19H26N4O4S2/c1-15-12-16(27-20-15)14-21-8-10-22(11-9-21)18(24)13-17-4-5-19(28-17)29(25,26)23-6-2-3-7-23/h4-5,12H,2-3,6-11,13-14H2,1H3. The maximum atomic E-state index is 12.7. The van der Waals surface area contributed by atoms with Gasteiger partial charge in [-0.2, -0.15) is 4.31 Å². The summed E-state index contributed by atoms with van der Waals surface area (Å²) in [6, 6.07) is 5.34. The zero-order valence-corrected chi connectivity index (χ0v) is 18.2. The molecule has 0 N–H and O–H groups in total. The molecule has 4 heterocycles. The zero-order chi connectivity index (χ0) is 20.4. The molecule has 2 aliphatic heterocycles. The van der Waals surface area contributed by atoms with Crippen molar-refractivity contribution < 1.29 is 17.7 Å². The SMILES string of the molecule is Cc1cc(CN2CCN(C(=O)Cc3ccc(S(=O)(=O)N4CCCC4)s3)CC2)on1. The quantitative estimate of drug-likeness (QED) is 0.683. The van der Waals surface area contributed by atoms with Crippen LogP contribution < -0.4 is 0 Å². The van der Waals surface area contributed by atoms with Crippen LogP contribution in [0.25, 0.3) is 0 Å². The molecule has 2 aliphatic rings. The lowest BCUT2D eigenvalue weighted by atomic mass is 10.2. The molecule has 8 nitrogen and oxygen atoms in total. The molecule has 0 bridgehead atoms. The summed E-state index contributed by atoms with van der Waals surface area (Å²) in [5, 5.41) is 3.91. The van der Waals surface area contributed by atoms with Crippen molar-refractivity contribution in [1.29, 1.82) is 0 Å². The summed E-state index contributed by atoms with van der Waals surface area (Å²) >= 11 is 1.22. The maximum absolute atomic E-state index is 12.7. The fourth-order valence-electron chi connectivity index (χ4n) is 3.78. The van der Waals surface area contributed by atoms with Gasteiger partial charge in [-0.1, -0.05) is 5.16 Å². The van der Waals surface area contributed by atoms with Crippen molar-refractivity contribution in [1.82, 2.24) is 19.3 Å². The molecule has 2 aromatic rings. The molecule has 0 radical (unpaired) electrons. The molecule has 0 atom stereocenters. The summed E-state index contributed by atoms with van der Waals surface area (Å²) in [7, 11) is -3.41. The van der Waals surface area contributed by atoms with Crippen LogP contribution in [0.4, 0.5) is 0 Å². The molecular weight excluding hydrogens is 412 g/mol. The van der Waals surface area contributed by atoms with Crippen LogP contribution in [0.15, 0.2) is 26.9 Å². The first-order valence-corrected chi connectivity index (χ1v) is 12.2. The number of hydrogen-bond donors (Lipinski definition) is 0. The van der Waals surface area contributed by atoms with Crippen LogP contribution in [-0.4, -0.2) is 72.9 Å². The Kier molecular flexibility index (Phi) is 6.05. The minimum atomic E-state index is -3.41. The highest BCUT2D eigenvalue weighted by atomic mass is 32.2. The number of aryl methyl sites for hydroxylation is 1. The number of aromatic nitrogens is 1. The van der Waals surface area contributed by atoms with E-state index in [-0.39, 0.29) is 12.3 Å². The van der Waals surface area contributed by atoms with E-state index >= 15 is 0 Å². The van der Waals surface area contributed by atoms with Gasteiger partial charge in [-0.25, -0.2) is 8.42 Å². The number of amides is 1. The third-order valence-corrected chi connectivity index (χ3v) is 8.85. The summed E-state index contributed by atoms with van der Waals surface area (Å²) in [5.41, 5.74) is 0.871. The van der Waals surface area contributed by atoms with Gasteiger partial charge in [0.15, 0.2) is 5.76 Å². The highest BCUT2D eigenvalue weighted by Gasteiger charge is 2.29. The third-order valence-electron chi connectivity index (χ3n) is 5.40. The van der Waals surface area contributed by atoms with E-state index < -0.39 is 10.0 Å². The van der Waals surface area contributed by atoms with E-state index in [1.54, 1.807) is 16.4 Å². The Hall–Kier alpha value is -1.75. The van der Waals surface area contributed by atoms with Gasteiger partial charge in [-0.05, 0) is 31.9 Å². The second kappa shape index (κ2) is 8.55. The average Bonchev–Trinajstić information content (AvgIpc) is 3.44. The van der Waals surface area contributed by atoms with E-state index in [4.69, 9.17) is 4.52 Å². The molecule has 2 saturated heterocycles. The van der Waals surface area contributed by atoms with Gasteiger partial charge >= 0.3 is 0 Å². The first kappa shape index (κ1) is 20.5. The minimum absolute atomic E-state index is 0.0483. The van der Waals surface area contributed by atoms with E-state index in [0.29, 0.717) is 36.9 Å². The molecule has 158 valence electrons. The van der Waals surface area contributed by atoms with Crippen LogP contribution in [-0.2, 0) is 27.8 Å².